The van der Waals surface area contributed by atoms with E-state index in [2.05, 4.69) is 46.3 Å². The Bertz CT molecular complexity index is 1540. The highest BCUT2D eigenvalue weighted by atomic mass is 16.2. The summed E-state index contributed by atoms with van der Waals surface area (Å²) in [6.45, 7) is 7.39. The molecule has 4 aromatic rings. The quantitative estimate of drug-likeness (QED) is 0.394. The van der Waals surface area contributed by atoms with E-state index in [1.807, 2.05) is 60.5 Å². The van der Waals surface area contributed by atoms with Crippen molar-refractivity contribution in [3.05, 3.63) is 88.4 Å². The normalized spacial score (nSPS) is 14.3. The number of fused-ring (bicyclic) bond motifs is 1. The van der Waals surface area contributed by atoms with Gasteiger partial charge >= 0.3 is 0 Å². The zero-order valence-electron chi connectivity index (χ0n) is 21.4. The fourth-order valence-electron chi connectivity index (χ4n) is 4.75. The minimum absolute atomic E-state index is 0.0823. The summed E-state index contributed by atoms with van der Waals surface area (Å²) < 4.78 is 0. The van der Waals surface area contributed by atoms with Crippen molar-refractivity contribution in [2.24, 2.45) is 0 Å². The van der Waals surface area contributed by atoms with Crippen molar-refractivity contribution in [2.75, 3.05) is 38.5 Å². The monoisotopic (exact) mass is 490 g/mol. The molecule has 3 heterocycles. The number of aryl methyl sites for hydroxylation is 2. The van der Waals surface area contributed by atoms with Gasteiger partial charge in [-0.05, 0) is 67.9 Å². The first-order valence-corrected chi connectivity index (χ1v) is 12.4. The predicted molar refractivity (Wildman–Crippen MR) is 149 cm³/mol. The molecule has 2 aromatic heterocycles. The Balaban J connectivity index is 1.41. The lowest BCUT2D eigenvalue weighted by atomic mass is 10.0. The van der Waals surface area contributed by atoms with Gasteiger partial charge in [-0.3, -0.25) is 9.78 Å². The smallest absolute Gasteiger partial charge is 0.253 e. The van der Waals surface area contributed by atoms with Gasteiger partial charge in [-0.25, -0.2) is 0 Å². The van der Waals surface area contributed by atoms with Gasteiger partial charge in [-0.1, -0.05) is 18.2 Å². The number of carbonyl (C=O) groups excluding carboxylic acids is 1. The molecule has 37 heavy (non-hydrogen) atoms. The largest absolute Gasteiger partial charge is 0.361 e. The van der Waals surface area contributed by atoms with Gasteiger partial charge in [0.25, 0.3) is 5.91 Å². The standard InChI is InChI=1S/C30H30N6O/c1-20-16-23(30(37)36-14-12-35(3)13-15-36)6-4-22(20)5-7-24-18-32-19-25(17-31)29(24)34-27-8-9-28-26(21(27)2)10-11-33-28/h4-11,16,18-19,33H,12-15H2,1-3H3,(H,32,34). The fourth-order valence-corrected chi connectivity index (χ4v) is 4.75. The van der Waals surface area contributed by atoms with Crippen LogP contribution in [0.4, 0.5) is 11.4 Å². The molecule has 0 bridgehead atoms. The second kappa shape index (κ2) is 10.3. The number of piperazine rings is 1. The lowest BCUT2D eigenvalue weighted by molar-refractivity contribution is 0.0664. The van der Waals surface area contributed by atoms with Crippen LogP contribution in [0.15, 0.2) is 55.0 Å². The van der Waals surface area contributed by atoms with Crippen LogP contribution in [0.3, 0.4) is 0 Å². The van der Waals surface area contributed by atoms with Gasteiger partial charge in [0.2, 0.25) is 0 Å². The first-order chi connectivity index (χ1) is 17.9. The Labute approximate surface area is 217 Å². The third-order valence-corrected chi connectivity index (χ3v) is 7.11. The molecule has 0 atom stereocenters. The average molecular weight is 491 g/mol. The number of aromatic amines is 1. The summed E-state index contributed by atoms with van der Waals surface area (Å²) in [5.41, 5.74) is 7.85. The van der Waals surface area contributed by atoms with Gasteiger partial charge in [-0.2, -0.15) is 5.26 Å². The number of rotatable bonds is 5. The SMILES string of the molecule is Cc1cc(C(=O)N2CCN(C)CC2)ccc1C=Cc1cncc(C#N)c1Nc1ccc2[nH]ccc2c1C. The number of hydrogen-bond donors (Lipinski definition) is 2. The maximum absolute atomic E-state index is 13.0. The zero-order chi connectivity index (χ0) is 25.9. The number of likely N-dealkylation sites (N-methyl/N-ethyl adjacent to an activating group) is 1. The van der Waals surface area contributed by atoms with E-state index in [-0.39, 0.29) is 5.91 Å². The molecule has 1 amide bonds. The third kappa shape index (κ3) is 4.97. The first kappa shape index (κ1) is 24.3. The molecule has 7 heteroatoms. The molecule has 1 saturated heterocycles. The van der Waals surface area contributed by atoms with Crippen molar-refractivity contribution in [1.82, 2.24) is 19.8 Å². The maximum Gasteiger partial charge on any atom is 0.253 e. The molecule has 0 aliphatic carbocycles. The summed E-state index contributed by atoms with van der Waals surface area (Å²) in [6, 6.07) is 14.2. The Morgan fingerprint density at radius 1 is 1.05 bits per heavy atom. The van der Waals surface area contributed by atoms with E-state index in [1.54, 1.807) is 12.4 Å². The zero-order valence-corrected chi connectivity index (χ0v) is 21.4. The number of benzene rings is 2. The lowest BCUT2D eigenvalue weighted by Crippen LogP contribution is -2.47. The van der Waals surface area contributed by atoms with Gasteiger partial charge in [0.1, 0.15) is 6.07 Å². The molecule has 2 aromatic carbocycles. The number of anilines is 2. The van der Waals surface area contributed by atoms with Crippen molar-refractivity contribution >= 4 is 40.3 Å². The molecule has 0 radical (unpaired) electrons. The fraction of sp³-hybridized carbons (Fsp3) is 0.233. The topological polar surface area (TPSA) is 88.1 Å². The molecule has 0 spiro atoms. The Morgan fingerprint density at radius 2 is 1.84 bits per heavy atom. The van der Waals surface area contributed by atoms with Gasteiger partial charge in [-0.15, -0.1) is 0 Å². The summed E-state index contributed by atoms with van der Waals surface area (Å²) >= 11 is 0. The summed E-state index contributed by atoms with van der Waals surface area (Å²) in [7, 11) is 2.08. The van der Waals surface area contributed by atoms with Gasteiger partial charge in [0.05, 0.1) is 11.3 Å². The van der Waals surface area contributed by atoms with E-state index in [0.717, 1.165) is 65.0 Å². The molecule has 2 N–H and O–H groups in total. The predicted octanol–water partition coefficient (Wildman–Crippen LogP) is 5.35. The Hall–Kier alpha value is -4.41. The van der Waals surface area contributed by atoms with E-state index >= 15 is 0 Å². The molecule has 1 aliphatic rings. The molecule has 186 valence electrons. The van der Waals surface area contributed by atoms with Crippen molar-refractivity contribution < 1.29 is 4.79 Å². The van der Waals surface area contributed by atoms with Crippen molar-refractivity contribution in [1.29, 1.82) is 5.26 Å². The van der Waals surface area contributed by atoms with Gasteiger partial charge in [0.15, 0.2) is 0 Å². The van der Waals surface area contributed by atoms with Crippen LogP contribution < -0.4 is 5.32 Å². The minimum Gasteiger partial charge on any atom is -0.361 e. The van der Waals surface area contributed by atoms with Crippen molar-refractivity contribution in [3.8, 4) is 6.07 Å². The van der Waals surface area contributed by atoms with E-state index in [0.29, 0.717) is 16.8 Å². The Morgan fingerprint density at radius 3 is 2.59 bits per heavy atom. The number of carbonyl (C=O) groups is 1. The summed E-state index contributed by atoms with van der Waals surface area (Å²) in [6.07, 6.45) is 9.23. The highest BCUT2D eigenvalue weighted by Gasteiger charge is 2.20. The van der Waals surface area contributed by atoms with Crippen molar-refractivity contribution in [2.45, 2.75) is 13.8 Å². The molecular formula is C30H30N6O. The van der Waals surface area contributed by atoms with Crippen LogP contribution in [0.2, 0.25) is 0 Å². The number of nitrogens with one attached hydrogen (secondary N) is 2. The molecule has 5 rings (SSSR count). The molecule has 1 fully saturated rings. The van der Waals surface area contributed by atoms with Crippen LogP contribution in [0.5, 0.6) is 0 Å². The molecule has 0 saturated carbocycles. The van der Waals surface area contributed by atoms with Crippen LogP contribution in [0.1, 0.15) is 38.2 Å². The number of aromatic nitrogens is 2. The van der Waals surface area contributed by atoms with E-state index in [9.17, 15) is 10.1 Å². The van der Waals surface area contributed by atoms with E-state index in [4.69, 9.17) is 0 Å². The highest BCUT2D eigenvalue weighted by molar-refractivity contribution is 5.95. The number of pyridine rings is 1. The van der Waals surface area contributed by atoms with Crippen LogP contribution in [0.25, 0.3) is 23.1 Å². The lowest BCUT2D eigenvalue weighted by Gasteiger charge is -2.32. The van der Waals surface area contributed by atoms with E-state index < -0.39 is 0 Å². The summed E-state index contributed by atoms with van der Waals surface area (Å²) in [5.74, 6) is 0.0823. The molecule has 1 aliphatic heterocycles. The number of nitrogens with zero attached hydrogens (tertiary/aromatic N) is 4. The first-order valence-electron chi connectivity index (χ1n) is 12.4. The molecule has 0 unspecified atom stereocenters. The van der Waals surface area contributed by atoms with Crippen molar-refractivity contribution in [3.63, 3.8) is 0 Å². The summed E-state index contributed by atoms with van der Waals surface area (Å²) in [5, 5.41) is 14.4. The average Bonchev–Trinajstić information content (AvgIpc) is 3.40. The highest BCUT2D eigenvalue weighted by Crippen LogP contribution is 2.31. The number of hydrogen-bond acceptors (Lipinski definition) is 5. The third-order valence-electron chi connectivity index (χ3n) is 7.11. The van der Waals surface area contributed by atoms with Gasteiger partial charge < -0.3 is 20.1 Å². The second-order valence-electron chi connectivity index (χ2n) is 9.57. The van der Waals surface area contributed by atoms with Crippen LogP contribution in [0, 0.1) is 25.2 Å². The maximum atomic E-state index is 13.0. The number of amides is 1. The molecular weight excluding hydrogens is 460 g/mol. The number of H-pyrrole nitrogens is 1. The van der Waals surface area contributed by atoms with Gasteiger partial charge in [0, 0.05) is 72.5 Å². The number of nitriles is 1. The second-order valence-corrected chi connectivity index (χ2v) is 9.57. The Kier molecular flexibility index (Phi) is 6.76. The van der Waals surface area contributed by atoms with Crippen LogP contribution in [-0.2, 0) is 0 Å². The minimum atomic E-state index is 0.0823. The van der Waals surface area contributed by atoms with E-state index in [1.165, 1.54) is 0 Å². The van der Waals surface area contributed by atoms with Crippen LogP contribution in [-0.4, -0.2) is 58.9 Å². The van der Waals surface area contributed by atoms with Crippen LogP contribution >= 0.6 is 0 Å². The molecule has 7 nitrogen and oxygen atoms in total. The summed E-state index contributed by atoms with van der Waals surface area (Å²) in [4.78, 5) is 24.6.